The fraction of sp³-hybridized carbons (Fsp3) is 0.133. The molecule has 2 nitrogen and oxygen atoms in total. The Morgan fingerprint density at radius 3 is 2.74 bits per heavy atom. The van der Waals surface area contributed by atoms with E-state index in [-0.39, 0.29) is 5.91 Å². The van der Waals surface area contributed by atoms with Gasteiger partial charge in [-0.1, -0.05) is 34.1 Å². The molecule has 0 atom stereocenters. The van der Waals surface area contributed by atoms with E-state index in [1.807, 2.05) is 43.3 Å². The minimum Gasteiger partial charge on any atom is -0.322 e. The SMILES string of the molecule is Cc1ccc(C(=O)Nc2cccc(CCl)c2)cc1Br. The highest BCUT2D eigenvalue weighted by Gasteiger charge is 2.07. The lowest BCUT2D eigenvalue weighted by molar-refractivity contribution is 0.102. The smallest absolute Gasteiger partial charge is 0.255 e. The van der Waals surface area contributed by atoms with Crippen LogP contribution in [0.5, 0.6) is 0 Å². The molecule has 0 aliphatic rings. The lowest BCUT2D eigenvalue weighted by Gasteiger charge is -2.07. The van der Waals surface area contributed by atoms with Gasteiger partial charge in [0.1, 0.15) is 0 Å². The van der Waals surface area contributed by atoms with E-state index >= 15 is 0 Å². The molecule has 0 aliphatic heterocycles. The summed E-state index contributed by atoms with van der Waals surface area (Å²) in [7, 11) is 0. The number of halogens is 2. The molecule has 0 unspecified atom stereocenters. The summed E-state index contributed by atoms with van der Waals surface area (Å²) in [6.45, 7) is 1.98. The third-order valence-electron chi connectivity index (χ3n) is 2.77. The number of amides is 1. The lowest BCUT2D eigenvalue weighted by atomic mass is 10.1. The number of rotatable bonds is 3. The van der Waals surface area contributed by atoms with Gasteiger partial charge in [-0.05, 0) is 42.3 Å². The summed E-state index contributed by atoms with van der Waals surface area (Å²) in [5.41, 5.74) is 3.44. The van der Waals surface area contributed by atoms with Crippen molar-refractivity contribution < 1.29 is 4.79 Å². The summed E-state index contributed by atoms with van der Waals surface area (Å²) in [4.78, 5) is 12.1. The first-order chi connectivity index (χ1) is 9.10. The molecule has 19 heavy (non-hydrogen) atoms. The number of benzene rings is 2. The van der Waals surface area contributed by atoms with Gasteiger partial charge < -0.3 is 5.32 Å². The average molecular weight is 339 g/mol. The number of alkyl halides is 1. The Hall–Kier alpha value is -1.32. The van der Waals surface area contributed by atoms with Crippen molar-refractivity contribution in [2.75, 3.05) is 5.32 Å². The van der Waals surface area contributed by atoms with Gasteiger partial charge in [0.15, 0.2) is 0 Å². The Balaban J connectivity index is 2.18. The minimum atomic E-state index is -0.132. The van der Waals surface area contributed by atoms with Crippen LogP contribution in [0, 0.1) is 6.92 Å². The van der Waals surface area contributed by atoms with Crippen LogP contribution in [-0.4, -0.2) is 5.91 Å². The van der Waals surface area contributed by atoms with Crippen molar-refractivity contribution >= 4 is 39.1 Å². The third kappa shape index (κ3) is 3.58. The third-order valence-corrected chi connectivity index (χ3v) is 3.94. The first kappa shape index (κ1) is 14.1. The maximum absolute atomic E-state index is 12.1. The molecule has 98 valence electrons. The molecule has 0 saturated carbocycles. The molecule has 0 spiro atoms. The zero-order chi connectivity index (χ0) is 13.8. The minimum absolute atomic E-state index is 0.132. The zero-order valence-corrected chi connectivity index (χ0v) is 12.8. The number of hydrogen-bond donors (Lipinski definition) is 1. The quantitative estimate of drug-likeness (QED) is 0.804. The van der Waals surface area contributed by atoms with Crippen LogP contribution in [0.3, 0.4) is 0 Å². The van der Waals surface area contributed by atoms with E-state index in [0.717, 1.165) is 21.3 Å². The highest BCUT2D eigenvalue weighted by molar-refractivity contribution is 9.10. The van der Waals surface area contributed by atoms with E-state index in [9.17, 15) is 4.79 Å². The molecule has 0 heterocycles. The van der Waals surface area contributed by atoms with Crippen molar-refractivity contribution in [3.8, 4) is 0 Å². The Morgan fingerprint density at radius 1 is 1.26 bits per heavy atom. The van der Waals surface area contributed by atoms with E-state index in [2.05, 4.69) is 21.2 Å². The van der Waals surface area contributed by atoms with Crippen molar-refractivity contribution in [1.29, 1.82) is 0 Å². The van der Waals surface area contributed by atoms with Gasteiger partial charge in [-0.25, -0.2) is 0 Å². The molecule has 2 aromatic carbocycles. The molecular formula is C15H13BrClNO. The Kier molecular flexibility index (Phi) is 4.61. The van der Waals surface area contributed by atoms with Crippen LogP contribution in [0.15, 0.2) is 46.9 Å². The highest BCUT2D eigenvalue weighted by atomic mass is 79.9. The molecule has 1 N–H and O–H groups in total. The van der Waals surface area contributed by atoms with Crippen LogP contribution >= 0.6 is 27.5 Å². The first-order valence-electron chi connectivity index (χ1n) is 5.82. The van der Waals surface area contributed by atoms with E-state index in [0.29, 0.717) is 11.4 Å². The largest absolute Gasteiger partial charge is 0.322 e. The van der Waals surface area contributed by atoms with Crippen molar-refractivity contribution in [2.45, 2.75) is 12.8 Å². The monoisotopic (exact) mass is 337 g/mol. The fourth-order valence-electron chi connectivity index (χ4n) is 1.67. The Labute approximate surface area is 125 Å². The van der Waals surface area contributed by atoms with Gasteiger partial charge >= 0.3 is 0 Å². The predicted octanol–water partition coefficient (Wildman–Crippen LogP) is 4.75. The molecule has 2 aromatic rings. The van der Waals surface area contributed by atoms with Crippen LogP contribution < -0.4 is 5.32 Å². The molecule has 0 bridgehead atoms. The molecule has 4 heteroatoms. The van der Waals surface area contributed by atoms with Crippen LogP contribution in [0.25, 0.3) is 0 Å². The van der Waals surface area contributed by atoms with Crippen LogP contribution in [0.2, 0.25) is 0 Å². The van der Waals surface area contributed by atoms with Gasteiger partial charge in [-0.15, -0.1) is 11.6 Å². The molecule has 0 radical (unpaired) electrons. The normalized spacial score (nSPS) is 10.3. The van der Waals surface area contributed by atoms with Crippen molar-refractivity contribution in [3.63, 3.8) is 0 Å². The standard InChI is InChI=1S/C15H13BrClNO/c1-10-5-6-12(8-14(10)16)15(19)18-13-4-2-3-11(7-13)9-17/h2-8H,9H2,1H3,(H,18,19). The molecule has 0 fully saturated rings. The molecule has 0 aliphatic carbocycles. The first-order valence-corrected chi connectivity index (χ1v) is 7.15. The highest BCUT2D eigenvalue weighted by Crippen LogP contribution is 2.19. The lowest BCUT2D eigenvalue weighted by Crippen LogP contribution is -2.12. The second-order valence-electron chi connectivity index (χ2n) is 4.25. The average Bonchev–Trinajstić information content (AvgIpc) is 2.42. The van der Waals surface area contributed by atoms with E-state index in [1.165, 1.54) is 0 Å². The summed E-state index contributed by atoms with van der Waals surface area (Å²) in [5.74, 6) is 0.298. The van der Waals surface area contributed by atoms with Gasteiger partial charge in [0.05, 0.1) is 0 Å². The second-order valence-corrected chi connectivity index (χ2v) is 5.37. The number of carbonyl (C=O) groups is 1. The summed E-state index contributed by atoms with van der Waals surface area (Å²) >= 11 is 9.20. The van der Waals surface area contributed by atoms with Crippen molar-refractivity contribution in [2.24, 2.45) is 0 Å². The van der Waals surface area contributed by atoms with Gasteiger partial charge in [-0.2, -0.15) is 0 Å². The topological polar surface area (TPSA) is 29.1 Å². The summed E-state index contributed by atoms with van der Waals surface area (Å²) in [6.07, 6.45) is 0. The van der Waals surface area contributed by atoms with E-state index in [4.69, 9.17) is 11.6 Å². The maximum Gasteiger partial charge on any atom is 0.255 e. The molecule has 0 saturated heterocycles. The molecular weight excluding hydrogens is 326 g/mol. The Morgan fingerprint density at radius 2 is 2.05 bits per heavy atom. The maximum atomic E-state index is 12.1. The summed E-state index contributed by atoms with van der Waals surface area (Å²) in [6, 6.07) is 13.0. The van der Waals surface area contributed by atoms with E-state index < -0.39 is 0 Å². The van der Waals surface area contributed by atoms with Crippen molar-refractivity contribution in [3.05, 3.63) is 63.6 Å². The van der Waals surface area contributed by atoms with Crippen LogP contribution in [-0.2, 0) is 5.88 Å². The number of carbonyl (C=O) groups excluding carboxylic acids is 1. The number of hydrogen-bond acceptors (Lipinski definition) is 1. The van der Waals surface area contributed by atoms with Gasteiger partial charge in [0, 0.05) is 21.6 Å². The van der Waals surface area contributed by atoms with Gasteiger partial charge in [-0.3, -0.25) is 4.79 Å². The molecule has 2 rings (SSSR count). The van der Waals surface area contributed by atoms with Crippen molar-refractivity contribution in [1.82, 2.24) is 0 Å². The number of aryl methyl sites for hydroxylation is 1. The van der Waals surface area contributed by atoms with Crippen LogP contribution in [0.1, 0.15) is 21.5 Å². The second kappa shape index (κ2) is 6.22. The Bertz CT molecular complexity index is 613. The number of anilines is 1. The number of nitrogens with one attached hydrogen (secondary N) is 1. The zero-order valence-electron chi connectivity index (χ0n) is 10.4. The van der Waals surface area contributed by atoms with Gasteiger partial charge in [0.25, 0.3) is 5.91 Å². The molecule has 1 amide bonds. The molecule has 0 aromatic heterocycles. The predicted molar refractivity (Wildman–Crippen MR) is 82.8 cm³/mol. The summed E-state index contributed by atoms with van der Waals surface area (Å²) in [5, 5.41) is 2.86. The van der Waals surface area contributed by atoms with Crippen LogP contribution in [0.4, 0.5) is 5.69 Å². The fourth-order valence-corrected chi connectivity index (χ4v) is 2.21. The van der Waals surface area contributed by atoms with Gasteiger partial charge in [0.2, 0.25) is 0 Å². The van der Waals surface area contributed by atoms with E-state index in [1.54, 1.807) is 6.07 Å². The summed E-state index contributed by atoms with van der Waals surface area (Å²) < 4.78 is 0.926.